The molecule has 0 heterocycles. The molecule has 0 aliphatic carbocycles. The van der Waals surface area contributed by atoms with Gasteiger partial charge in [-0.2, -0.15) is 0 Å². The minimum absolute atomic E-state index is 0.782. The Balaban J connectivity index is 3.64. The van der Waals surface area contributed by atoms with E-state index in [-0.39, 0.29) is 0 Å². The summed E-state index contributed by atoms with van der Waals surface area (Å²) in [5, 5.41) is 3.67. The van der Waals surface area contributed by atoms with Crippen molar-refractivity contribution in [2.24, 2.45) is 10.1 Å². The molecule has 0 saturated carbocycles. The van der Waals surface area contributed by atoms with Crippen molar-refractivity contribution in [1.29, 1.82) is 0 Å². The molecule has 3 nitrogen and oxygen atoms in total. The molecule has 0 spiro atoms. The molecular weight excluding hydrogens is 114 g/mol. The molecule has 0 atom stereocenters. The summed E-state index contributed by atoms with van der Waals surface area (Å²) in [4.78, 5) is 3.82. The number of hydrogen-bond acceptors (Lipinski definition) is 2. The topological polar surface area (TPSA) is 36.8 Å². The van der Waals surface area contributed by atoms with E-state index in [1.807, 2.05) is 13.8 Å². The molecule has 50 valence electrons. The van der Waals surface area contributed by atoms with Crippen LogP contribution in [0.1, 0.15) is 13.8 Å². The molecule has 0 bridgehead atoms. The summed E-state index contributed by atoms with van der Waals surface area (Å²) < 4.78 is 0. The lowest BCUT2D eigenvalue weighted by atomic mass is 10.7. The predicted octanol–water partition coefficient (Wildman–Crippen LogP) is 0.785. The van der Waals surface area contributed by atoms with E-state index in [1.165, 1.54) is 0 Å². The maximum atomic E-state index is 3.82. The SMILES string of the molecule is CC=C=NN/C(C)=N\C. The van der Waals surface area contributed by atoms with Gasteiger partial charge in [-0.3, -0.25) is 10.4 Å². The van der Waals surface area contributed by atoms with E-state index in [9.17, 15) is 0 Å². The Kier molecular flexibility index (Phi) is 4.46. The van der Waals surface area contributed by atoms with E-state index < -0.39 is 0 Å². The van der Waals surface area contributed by atoms with Crippen molar-refractivity contribution in [2.75, 3.05) is 7.05 Å². The first-order valence-corrected chi connectivity index (χ1v) is 2.73. The summed E-state index contributed by atoms with van der Waals surface area (Å²) in [6.45, 7) is 3.68. The zero-order chi connectivity index (χ0) is 7.11. The van der Waals surface area contributed by atoms with E-state index in [0.717, 1.165) is 5.84 Å². The standard InChI is InChI=1S/C6H11N3/c1-4-5-8-9-6(2)7-3/h4H,1-3H3,(H,7,9). The van der Waals surface area contributed by atoms with Crippen LogP contribution in [0.5, 0.6) is 0 Å². The van der Waals surface area contributed by atoms with E-state index in [1.54, 1.807) is 13.1 Å². The highest BCUT2D eigenvalue weighted by atomic mass is 15.3. The highest BCUT2D eigenvalue weighted by Gasteiger charge is 1.76. The lowest BCUT2D eigenvalue weighted by Crippen LogP contribution is -2.11. The first-order valence-electron chi connectivity index (χ1n) is 2.73. The zero-order valence-corrected chi connectivity index (χ0v) is 5.97. The molecule has 0 rings (SSSR count). The second-order valence-corrected chi connectivity index (χ2v) is 1.45. The molecule has 9 heavy (non-hydrogen) atoms. The molecular formula is C6H11N3. The Morgan fingerprint density at radius 3 is 2.78 bits per heavy atom. The molecule has 0 aliphatic rings. The number of nitrogens with one attached hydrogen (secondary N) is 1. The molecule has 3 heteroatoms. The third kappa shape index (κ3) is 4.78. The van der Waals surface area contributed by atoms with Crippen LogP contribution in [0.25, 0.3) is 0 Å². The van der Waals surface area contributed by atoms with Gasteiger partial charge in [0.25, 0.3) is 0 Å². The monoisotopic (exact) mass is 125 g/mol. The number of aliphatic imine (C=N–C) groups is 1. The van der Waals surface area contributed by atoms with Gasteiger partial charge in [0.2, 0.25) is 0 Å². The van der Waals surface area contributed by atoms with Gasteiger partial charge in [0.05, 0.1) is 0 Å². The smallest absolute Gasteiger partial charge is 0.114 e. The van der Waals surface area contributed by atoms with Gasteiger partial charge in [-0.25, -0.2) is 0 Å². The Morgan fingerprint density at radius 1 is 1.67 bits per heavy atom. The first-order chi connectivity index (χ1) is 4.31. The van der Waals surface area contributed by atoms with Crippen LogP contribution in [0, 0.1) is 0 Å². The van der Waals surface area contributed by atoms with Crippen molar-refractivity contribution in [3.63, 3.8) is 0 Å². The van der Waals surface area contributed by atoms with Gasteiger partial charge in [-0.05, 0) is 19.9 Å². The lowest BCUT2D eigenvalue weighted by Gasteiger charge is -1.90. The lowest BCUT2D eigenvalue weighted by molar-refractivity contribution is 1.02. The van der Waals surface area contributed by atoms with Crippen LogP contribution in [0.4, 0.5) is 0 Å². The Hall–Kier alpha value is -1.08. The van der Waals surface area contributed by atoms with Crippen molar-refractivity contribution >= 4 is 11.7 Å². The Morgan fingerprint density at radius 2 is 2.33 bits per heavy atom. The van der Waals surface area contributed by atoms with Gasteiger partial charge in [0.15, 0.2) is 0 Å². The molecule has 0 aromatic carbocycles. The largest absolute Gasteiger partial charge is 0.275 e. The third-order valence-electron chi connectivity index (χ3n) is 0.747. The molecule has 0 fully saturated rings. The fourth-order valence-corrected chi connectivity index (χ4v) is 0.228. The van der Waals surface area contributed by atoms with Crippen LogP contribution in [0.2, 0.25) is 0 Å². The number of allylic oxidation sites excluding steroid dienone is 1. The number of amidine groups is 1. The van der Waals surface area contributed by atoms with Crippen molar-refractivity contribution in [1.82, 2.24) is 5.43 Å². The summed E-state index contributed by atoms with van der Waals surface area (Å²) in [7, 11) is 1.70. The average molecular weight is 125 g/mol. The molecule has 0 unspecified atom stereocenters. The van der Waals surface area contributed by atoms with Gasteiger partial charge in [0, 0.05) is 12.9 Å². The minimum Gasteiger partial charge on any atom is -0.275 e. The molecule has 0 amide bonds. The maximum Gasteiger partial charge on any atom is 0.114 e. The van der Waals surface area contributed by atoms with Crippen LogP contribution in [-0.4, -0.2) is 18.8 Å². The first kappa shape index (κ1) is 7.92. The second kappa shape index (κ2) is 5.06. The molecule has 0 aliphatic heterocycles. The van der Waals surface area contributed by atoms with Gasteiger partial charge in [-0.15, -0.1) is 5.10 Å². The zero-order valence-electron chi connectivity index (χ0n) is 5.97. The van der Waals surface area contributed by atoms with Crippen molar-refractivity contribution < 1.29 is 0 Å². The third-order valence-corrected chi connectivity index (χ3v) is 0.747. The van der Waals surface area contributed by atoms with Gasteiger partial charge in [-0.1, -0.05) is 0 Å². The summed E-state index contributed by atoms with van der Waals surface area (Å²) in [5.74, 6) is 3.40. The molecule has 0 aromatic rings. The summed E-state index contributed by atoms with van der Waals surface area (Å²) >= 11 is 0. The second-order valence-electron chi connectivity index (χ2n) is 1.45. The van der Waals surface area contributed by atoms with Crippen LogP contribution in [-0.2, 0) is 0 Å². The molecule has 1 N–H and O–H groups in total. The van der Waals surface area contributed by atoms with E-state index in [0.29, 0.717) is 0 Å². The highest BCUT2D eigenvalue weighted by molar-refractivity contribution is 5.79. The summed E-state index contributed by atoms with van der Waals surface area (Å²) in [5.41, 5.74) is 2.67. The van der Waals surface area contributed by atoms with Gasteiger partial charge in [0.1, 0.15) is 5.84 Å². The number of rotatable bonds is 1. The van der Waals surface area contributed by atoms with Crippen molar-refractivity contribution in [3.05, 3.63) is 6.08 Å². The number of hydrogen-bond donors (Lipinski definition) is 1. The van der Waals surface area contributed by atoms with E-state index in [2.05, 4.69) is 21.4 Å². The Labute approximate surface area is 55.2 Å². The molecule has 0 aromatic heterocycles. The van der Waals surface area contributed by atoms with Crippen LogP contribution < -0.4 is 5.43 Å². The van der Waals surface area contributed by atoms with Gasteiger partial charge >= 0.3 is 0 Å². The van der Waals surface area contributed by atoms with E-state index >= 15 is 0 Å². The normalized spacial score (nSPS) is 9.89. The molecule has 0 radical (unpaired) electrons. The number of nitrogens with zero attached hydrogens (tertiary/aromatic N) is 2. The summed E-state index contributed by atoms with van der Waals surface area (Å²) in [6.07, 6.45) is 1.72. The van der Waals surface area contributed by atoms with Crippen molar-refractivity contribution in [3.8, 4) is 0 Å². The van der Waals surface area contributed by atoms with E-state index in [4.69, 9.17) is 0 Å². The highest BCUT2D eigenvalue weighted by Crippen LogP contribution is 1.65. The minimum atomic E-state index is 0.782. The van der Waals surface area contributed by atoms with Crippen LogP contribution in [0.3, 0.4) is 0 Å². The van der Waals surface area contributed by atoms with Crippen molar-refractivity contribution in [2.45, 2.75) is 13.8 Å². The fraction of sp³-hybridized carbons (Fsp3) is 0.500. The van der Waals surface area contributed by atoms with Crippen LogP contribution >= 0.6 is 0 Å². The molecule has 0 saturated heterocycles. The summed E-state index contributed by atoms with van der Waals surface area (Å²) in [6, 6.07) is 0. The maximum absolute atomic E-state index is 3.82. The van der Waals surface area contributed by atoms with Gasteiger partial charge < -0.3 is 0 Å². The quantitative estimate of drug-likeness (QED) is 0.314. The Bertz CT molecular complexity index is 152. The predicted molar refractivity (Wildman–Crippen MR) is 39.8 cm³/mol. The average Bonchev–Trinajstić information content (AvgIpc) is 1.89. The number of hydrazone groups is 1. The fourth-order valence-electron chi connectivity index (χ4n) is 0.228. The van der Waals surface area contributed by atoms with Crippen LogP contribution in [0.15, 0.2) is 16.2 Å².